The van der Waals surface area contributed by atoms with E-state index in [1.165, 1.54) is 24.0 Å². The maximum atomic E-state index is 4.16. The lowest BCUT2D eigenvalue weighted by molar-refractivity contribution is 0.615. The Bertz CT molecular complexity index is 802. The van der Waals surface area contributed by atoms with Crippen LogP contribution in [0.1, 0.15) is 30.0 Å². The van der Waals surface area contributed by atoms with Gasteiger partial charge in [0.25, 0.3) is 0 Å². The maximum Gasteiger partial charge on any atom is 0.182 e. The summed E-state index contributed by atoms with van der Waals surface area (Å²) in [4.78, 5) is 0. The number of aryl methyl sites for hydroxylation is 1. The highest BCUT2D eigenvalue weighted by atomic mass is 15.6. The van der Waals surface area contributed by atoms with Gasteiger partial charge in [-0.3, -0.25) is 0 Å². The Morgan fingerprint density at radius 2 is 1.96 bits per heavy atom. The van der Waals surface area contributed by atoms with Gasteiger partial charge < -0.3 is 5.32 Å². The fourth-order valence-corrected chi connectivity index (χ4v) is 2.71. The van der Waals surface area contributed by atoms with E-state index in [1.54, 1.807) is 0 Å². The van der Waals surface area contributed by atoms with Crippen LogP contribution in [0.2, 0.25) is 0 Å². The first-order valence-corrected chi connectivity index (χ1v) is 7.97. The lowest BCUT2D eigenvalue weighted by Gasteiger charge is -2.08. The predicted octanol–water partition coefficient (Wildman–Crippen LogP) is 3.60. The Hall–Kier alpha value is -2.69. The van der Waals surface area contributed by atoms with Crippen molar-refractivity contribution in [2.24, 2.45) is 0 Å². The number of rotatable bonds is 5. The van der Waals surface area contributed by atoms with E-state index in [9.17, 15) is 0 Å². The van der Waals surface area contributed by atoms with E-state index in [0.29, 0.717) is 6.04 Å². The highest BCUT2D eigenvalue weighted by molar-refractivity contribution is 5.59. The molecule has 23 heavy (non-hydrogen) atoms. The van der Waals surface area contributed by atoms with Gasteiger partial charge >= 0.3 is 0 Å². The van der Waals surface area contributed by atoms with E-state index in [2.05, 4.69) is 76.3 Å². The minimum absolute atomic E-state index is 0.485. The molecule has 5 heteroatoms. The number of nitrogens with one attached hydrogen (secondary N) is 1. The van der Waals surface area contributed by atoms with Gasteiger partial charge in [-0.05, 0) is 60.0 Å². The minimum atomic E-state index is 0.485. The Morgan fingerprint density at radius 3 is 2.70 bits per heavy atom. The van der Waals surface area contributed by atoms with Crippen LogP contribution >= 0.6 is 0 Å². The molecule has 0 amide bonds. The topological polar surface area (TPSA) is 55.6 Å². The first-order valence-electron chi connectivity index (χ1n) is 7.97. The van der Waals surface area contributed by atoms with E-state index in [-0.39, 0.29) is 0 Å². The summed E-state index contributed by atoms with van der Waals surface area (Å²) in [6.45, 7) is 2.93. The lowest BCUT2D eigenvalue weighted by Crippen LogP contribution is -2.01. The second-order valence-electron chi connectivity index (χ2n) is 6.10. The lowest BCUT2D eigenvalue weighted by atomic mass is 10.1. The molecule has 0 radical (unpaired) electrons. The van der Waals surface area contributed by atoms with Crippen molar-refractivity contribution in [2.75, 3.05) is 5.32 Å². The molecule has 4 rings (SSSR count). The second kappa shape index (κ2) is 5.83. The monoisotopic (exact) mass is 305 g/mol. The third-order valence-corrected chi connectivity index (χ3v) is 4.11. The van der Waals surface area contributed by atoms with Crippen LogP contribution in [0, 0.1) is 6.92 Å². The van der Waals surface area contributed by atoms with Gasteiger partial charge in [0.2, 0.25) is 0 Å². The first-order chi connectivity index (χ1) is 11.3. The molecule has 116 valence electrons. The summed E-state index contributed by atoms with van der Waals surface area (Å²) in [5, 5.41) is 15.5. The van der Waals surface area contributed by atoms with Crippen molar-refractivity contribution in [3.05, 3.63) is 59.7 Å². The average molecular weight is 305 g/mol. The van der Waals surface area contributed by atoms with E-state index < -0.39 is 0 Å². The molecule has 1 heterocycles. The Labute approximate surface area is 135 Å². The second-order valence-corrected chi connectivity index (χ2v) is 6.10. The normalized spacial score (nSPS) is 14.0. The molecule has 0 saturated heterocycles. The van der Waals surface area contributed by atoms with Crippen LogP contribution in [-0.2, 0) is 6.54 Å². The molecule has 0 aliphatic heterocycles. The van der Waals surface area contributed by atoms with Crippen LogP contribution < -0.4 is 5.32 Å². The van der Waals surface area contributed by atoms with Crippen LogP contribution in [0.5, 0.6) is 0 Å². The van der Waals surface area contributed by atoms with E-state index in [1.807, 2.05) is 4.68 Å². The van der Waals surface area contributed by atoms with Gasteiger partial charge in [-0.2, -0.15) is 0 Å². The smallest absolute Gasteiger partial charge is 0.182 e. The number of nitrogens with zero attached hydrogens (tertiary/aromatic N) is 4. The number of aromatic nitrogens is 4. The number of hydrogen-bond acceptors (Lipinski definition) is 4. The summed E-state index contributed by atoms with van der Waals surface area (Å²) in [5.74, 6) is 0.859. The van der Waals surface area contributed by atoms with E-state index >= 15 is 0 Å². The van der Waals surface area contributed by atoms with Crippen molar-refractivity contribution in [3.8, 4) is 11.4 Å². The van der Waals surface area contributed by atoms with Gasteiger partial charge in [0.05, 0.1) is 6.04 Å². The van der Waals surface area contributed by atoms with Crippen molar-refractivity contribution < 1.29 is 0 Å². The molecule has 0 spiro atoms. The molecule has 0 bridgehead atoms. The highest BCUT2D eigenvalue weighted by Crippen LogP contribution is 2.36. The Morgan fingerprint density at radius 1 is 1.13 bits per heavy atom. The van der Waals surface area contributed by atoms with Crippen molar-refractivity contribution >= 4 is 5.69 Å². The fourth-order valence-electron chi connectivity index (χ4n) is 2.71. The van der Waals surface area contributed by atoms with Crippen molar-refractivity contribution in [3.63, 3.8) is 0 Å². The molecule has 1 saturated carbocycles. The molecule has 1 aliphatic carbocycles. The molecule has 0 unspecified atom stereocenters. The van der Waals surface area contributed by atoms with Crippen LogP contribution in [0.15, 0.2) is 48.5 Å². The number of hydrogen-bond donors (Lipinski definition) is 1. The predicted molar refractivity (Wildman–Crippen MR) is 90.0 cm³/mol. The first kappa shape index (κ1) is 13.9. The number of benzene rings is 2. The minimum Gasteiger partial charge on any atom is -0.381 e. The molecule has 2 aromatic carbocycles. The number of anilines is 1. The maximum absolute atomic E-state index is 4.16. The molecular weight excluding hydrogens is 286 g/mol. The summed E-state index contributed by atoms with van der Waals surface area (Å²) in [6.07, 6.45) is 2.35. The van der Waals surface area contributed by atoms with Gasteiger partial charge in [0.15, 0.2) is 5.82 Å². The summed E-state index contributed by atoms with van der Waals surface area (Å²) in [5.41, 5.74) is 4.72. The quantitative estimate of drug-likeness (QED) is 0.782. The van der Waals surface area contributed by atoms with Gasteiger partial charge in [-0.15, -0.1) is 5.10 Å². The van der Waals surface area contributed by atoms with E-state index in [4.69, 9.17) is 0 Å². The van der Waals surface area contributed by atoms with Gasteiger partial charge in [0, 0.05) is 17.8 Å². The van der Waals surface area contributed by atoms with Crippen LogP contribution in [-0.4, -0.2) is 20.2 Å². The van der Waals surface area contributed by atoms with Crippen molar-refractivity contribution in [1.29, 1.82) is 0 Å². The van der Waals surface area contributed by atoms with Crippen molar-refractivity contribution in [1.82, 2.24) is 20.2 Å². The molecule has 5 nitrogen and oxygen atoms in total. The third kappa shape index (κ3) is 3.08. The zero-order valence-corrected chi connectivity index (χ0v) is 13.1. The van der Waals surface area contributed by atoms with Gasteiger partial charge in [0.1, 0.15) is 0 Å². The van der Waals surface area contributed by atoms with Crippen molar-refractivity contribution in [2.45, 2.75) is 32.4 Å². The van der Waals surface area contributed by atoms with Crippen LogP contribution in [0.3, 0.4) is 0 Å². The van der Waals surface area contributed by atoms with E-state index in [0.717, 1.165) is 23.6 Å². The van der Waals surface area contributed by atoms with Crippen LogP contribution in [0.25, 0.3) is 11.4 Å². The largest absolute Gasteiger partial charge is 0.381 e. The summed E-state index contributed by atoms with van der Waals surface area (Å²) < 4.78 is 1.94. The molecule has 3 aromatic rings. The molecule has 1 N–H and O–H groups in total. The molecular formula is C18H19N5. The van der Waals surface area contributed by atoms with Crippen LogP contribution in [0.4, 0.5) is 5.69 Å². The molecule has 1 aliphatic rings. The molecule has 0 atom stereocenters. The fraction of sp³-hybridized carbons (Fsp3) is 0.278. The zero-order chi connectivity index (χ0) is 15.6. The SMILES string of the molecule is Cc1cccc(CNc2ccc(-c3nnnn3C3CC3)cc2)c1. The van der Waals surface area contributed by atoms with Gasteiger partial charge in [-0.25, -0.2) is 4.68 Å². The Kier molecular flexibility index (Phi) is 3.54. The standard InChI is InChI=1S/C18H19N5/c1-13-3-2-4-14(11-13)12-19-16-7-5-15(6-8-16)18-20-21-22-23(18)17-9-10-17/h2-8,11,17,19H,9-10,12H2,1H3. The summed E-state index contributed by atoms with van der Waals surface area (Å²) in [7, 11) is 0. The third-order valence-electron chi connectivity index (χ3n) is 4.11. The number of tetrazole rings is 1. The molecule has 1 aromatic heterocycles. The molecule has 1 fully saturated rings. The average Bonchev–Trinajstić information content (AvgIpc) is 3.30. The summed E-state index contributed by atoms with van der Waals surface area (Å²) >= 11 is 0. The summed E-state index contributed by atoms with van der Waals surface area (Å²) in [6, 6.07) is 17.3. The van der Waals surface area contributed by atoms with Gasteiger partial charge in [-0.1, -0.05) is 29.8 Å². The Balaban J connectivity index is 1.46. The highest BCUT2D eigenvalue weighted by Gasteiger charge is 2.28. The zero-order valence-electron chi connectivity index (χ0n) is 13.1.